The first kappa shape index (κ1) is 15.3. The van der Waals surface area contributed by atoms with Crippen molar-refractivity contribution in [1.82, 2.24) is 0 Å². The molecule has 1 aromatic heterocycles. The van der Waals surface area contributed by atoms with Crippen LogP contribution in [0.25, 0.3) is 0 Å². The Balaban J connectivity index is 1.48. The number of rotatable bonds is 10. The Morgan fingerprint density at radius 2 is 2.20 bits per heavy atom. The zero-order valence-corrected chi connectivity index (χ0v) is 12.7. The lowest BCUT2D eigenvalue weighted by molar-refractivity contribution is -0.149. The summed E-state index contributed by atoms with van der Waals surface area (Å²) in [4.78, 5) is 11.7. The number of thiophene rings is 1. The van der Waals surface area contributed by atoms with E-state index in [4.69, 9.17) is 14.2 Å². The molecule has 1 saturated heterocycles. The van der Waals surface area contributed by atoms with Gasteiger partial charge in [0, 0.05) is 0 Å². The van der Waals surface area contributed by atoms with Gasteiger partial charge in [-0.1, -0.05) is 12.8 Å². The van der Waals surface area contributed by atoms with E-state index in [9.17, 15) is 4.79 Å². The second kappa shape index (κ2) is 7.64. The van der Waals surface area contributed by atoms with Crippen LogP contribution in [0.1, 0.15) is 39.0 Å². The minimum Gasteiger partial charge on any atom is -0.484 e. The molecule has 0 aliphatic carbocycles. The smallest absolute Gasteiger partial charge is 0.340 e. The first-order chi connectivity index (χ1) is 9.77. The van der Waals surface area contributed by atoms with E-state index in [2.05, 4.69) is 0 Å². The lowest BCUT2D eigenvalue weighted by atomic mass is 10.0. The lowest BCUT2D eigenvalue weighted by Gasteiger charge is -2.10. The summed E-state index contributed by atoms with van der Waals surface area (Å²) in [6.07, 6.45) is 5.03. The van der Waals surface area contributed by atoms with Gasteiger partial charge in [-0.25, -0.2) is 4.79 Å². The summed E-state index contributed by atoms with van der Waals surface area (Å²) < 4.78 is 15.9. The quantitative estimate of drug-likeness (QED) is 0.377. The SMILES string of the molecule is CCOC(=O)C1(CCCCCCOc2cccs2)CO1. The molecule has 0 bridgehead atoms. The highest BCUT2D eigenvalue weighted by molar-refractivity contribution is 7.11. The molecule has 1 unspecified atom stereocenters. The van der Waals surface area contributed by atoms with Gasteiger partial charge in [-0.2, -0.15) is 0 Å². The molecule has 5 heteroatoms. The maximum Gasteiger partial charge on any atom is 0.340 e. The lowest BCUT2D eigenvalue weighted by Crippen LogP contribution is -2.27. The summed E-state index contributed by atoms with van der Waals surface area (Å²) in [5.74, 6) is -0.193. The maximum atomic E-state index is 11.7. The highest BCUT2D eigenvalue weighted by Gasteiger charge is 2.52. The van der Waals surface area contributed by atoms with E-state index in [0.29, 0.717) is 13.2 Å². The van der Waals surface area contributed by atoms with Crippen LogP contribution in [0.5, 0.6) is 5.06 Å². The van der Waals surface area contributed by atoms with Crippen molar-refractivity contribution in [2.45, 2.75) is 44.6 Å². The fourth-order valence-electron chi connectivity index (χ4n) is 2.10. The predicted octanol–water partition coefficient (Wildman–Crippen LogP) is 3.41. The summed E-state index contributed by atoms with van der Waals surface area (Å²) in [5, 5.41) is 3.00. The molecule has 1 aliphatic rings. The average molecular weight is 298 g/mol. The zero-order valence-electron chi connectivity index (χ0n) is 11.9. The van der Waals surface area contributed by atoms with Gasteiger partial charge in [-0.15, -0.1) is 11.3 Å². The molecule has 1 fully saturated rings. The van der Waals surface area contributed by atoms with E-state index in [1.165, 1.54) is 0 Å². The number of hydrogen-bond donors (Lipinski definition) is 0. The van der Waals surface area contributed by atoms with Crippen LogP contribution in [0.3, 0.4) is 0 Å². The van der Waals surface area contributed by atoms with Crippen LogP contribution in [0.2, 0.25) is 0 Å². The second-order valence-corrected chi connectivity index (χ2v) is 5.86. The fraction of sp³-hybridized carbons (Fsp3) is 0.667. The Labute approximate surface area is 124 Å². The zero-order chi connectivity index (χ0) is 14.3. The maximum absolute atomic E-state index is 11.7. The first-order valence-corrected chi connectivity index (χ1v) is 8.12. The van der Waals surface area contributed by atoms with E-state index in [0.717, 1.165) is 43.8 Å². The Kier molecular flexibility index (Phi) is 5.86. The molecule has 1 atom stereocenters. The number of unbranched alkanes of at least 4 members (excludes halogenated alkanes) is 3. The molecule has 1 aromatic rings. The normalized spacial score (nSPS) is 20.6. The van der Waals surface area contributed by atoms with Gasteiger partial charge in [0.25, 0.3) is 0 Å². The standard InChI is InChI=1S/C15H22O4S/c1-2-17-14(16)15(12-19-15)9-5-3-4-6-10-18-13-8-7-11-20-13/h7-8,11H,2-6,9-10,12H2,1H3. The summed E-state index contributed by atoms with van der Waals surface area (Å²) in [6, 6.07) is 3.97. The second-order valence-electron chi connectivity index (χ2n) is 4.95. The number of carbonyl (C=O) groups excluding carboxylic acids is 1. The summed E-state index contributed by atoms with van der Waals surface area (Å²) in [6.45, 7) is 3.53. The van der Waals surface area contributed by atoms with Crippen LogP contribution in [-0.2, 0) is 14.3 Å². The van der Waals surface area contributed by atoms with Gasteiger partial charge in [-0.05, 0) is 43.7 Å². The molecule has 0 aromatic carbocycles. The number of hydrogen-bond acceptors (Lipinski definition) is 5. The largest absolute Gasteiger partial charge is 0.484 e. The summed E-state index contributed by atoms with van der Waals surface area (Å²) in [7, 11) is 0. The molecule has 0 N–H and O–H groups in total. The number of epoxide rings is 1. The van der Waals surface area contributed by atoms with Crippen molar-refractivity contribution >= 4 is 17.3 Å². The van der Waals surface area contributed by atoms with E-state index in [-0.39, 0.29) is 5.97 Å². The molecule has 0 radical (unpaired) electrons. The van der Waals surface area contributed by atoms with Gasteiger partial charge in [0.1, 0.15) is 0 Å². The highest BCUT2D eigenvalue weighted by Crippen LogP contribution is 2.34. The first-order valence-electron chi connectivity index (χ1n) is 7.24. The third-order valence-corrected chi connectivity index (χ3v) is 4.13. The molecule has 0 saturated carbocycles. The van der Waals surface area contributed by atoms with E-state index in [1.54, 1.807) is 11.3 Å². The van der Waals surface area contributed by atoms with Gasteiger partial charge < -0.3 is 14.2 Å². The van der Waals surface area contributed by atoms with E-state index in [1.807, 2.05) is 24.4 Å². The third kappa shape index (κ3) is 4.49. The monoisotopic (exact) mass is 298 g/mol. The highest BCUT2D eigenvalue weighted by atomic mass is 32.1. The van der Waals surface area contributed by atoms with Gasteiger partial charge in [0.15, 0.2) is 10.7 Å². The van der Waals surface area contributed by atoms with Crippen molar-refractivity contribution in [2.24, 2.45) is 0 Å². The molecule has 1 aliphatic heterocycles. The van der Waals surface area contributed by atoms with Crippen LogP contribution in [0.15, 0.2) is 17.5 Å². The Morgan fingerprint density at radius 1 is 1.40 bits per heavy atom. The van der Waals surface area contributed by atoms with Crippen molar-refractivity contribution < 1.29 is 19.0 Å². The molecule has 2 rings (SSSR count). The van der Waals surface area contributed by atoms with Crippen LogP contribution in [0.4, 0.5) is 0 Å². The van der Waals surface area contributed by atoms with Crippen molar-refractivity contribution in [2.75, 3.05) is 19.8 Å². The molecule has 112 valence electrons. The molecule has 2 heterocycles. The molecule has 0 amide bonds. The Morgan fingerprint density at radius 3 is 2.85 bits per heavy atom. The average Bonchev–Trinajstić information content (AvgIpc) is 3.06. The van der Waals surface area contributed by atoms with Gasteiger partial charge in [0.05, 0.1) is 19.8 Å². The van der Waals surface area contributed by atoms with E-state index < -0.39 is 5.60 Å². The van der Waals surface area contributed by atoms with Crippen LogP contribution < -0.4 is 4.74 Å². The van der Waals surface area contributed by atoms with Crippen molar-refractivity contribution in [3.63, 3.8) is 0 Å². The third-order valence-electron chi connectivity index (χ3n) is 3.35. The van der Waals surface area contributed by atoms with Crippen molar-refractivity contribution in [1.29, 1.82) is 0 Å². The fourth-order valence-corrected chi connectivity index (χ4v) is 2.70. The summed E-state index contributed by atoms with van der Waals surface area (Å²) >= 11 is 1.62. The number of ether oxygens (including phenoxy) is 3. The topological polar surface area (TPSA) is 48.1 Å². The Bertz CT molecular complexity index is 398. The minimum atomic E-state index is -0.608. The van der Waals surface area contributed by atoms with Crippen LogP contribution >= 0.6 is 11.3 Å². The number of esters is 1. The van der Waals surface area contributed by atoms with Gasteiger partial charge in [0.2, 0.25) is 0 Å². The van der Waals surface area contributed by atoms with Gasteiger partial charge in [-0.3, -0.25) is 0 Å². The minimum absolute atomic E-state index is 0.193. The van der Waals surface area contributed by atoms with Gasteiger partial charge >= 0.3 is 5.97 Å². The van der Waals surface area contributed by atoms with Crippen LogP contribution in [0, 0.1) is 0 Å². The van der Waals surface area contributed by atoms with Crippen molar-refractivity contribution in [3.8, 4) is 5.06 Å². The van der Waals surface area contributed by atoms with Crippen molar-refractivity contribution in [3.05, 3.63) is 17.5 Å². The predicted molar refractivity (Wildman–Crippen MR) is 78.2 cm³/mol. The van der Waals surface area contributed by atoms with E-state index >= 15 is 0 Å². The molecular formula is C15H22O4S. The Hall–Kier alpha value is -1.07. The molecule has 0 spiro atoms. The summed E-state index contributed by atoms with van der Waals surface area (Å²) in [5.41, 5.74) is -0.608. The molecule has 4 nitrogen and oxygen atoms in total. The van der Waals surface area contributed by atoms with Crippen LogP contribution in [-0.4, -0.2) is 31.4 Å². The number of carbonyl (C=O) groups is 1. The molecule has 20 heavy (non-hydrogen) atoms. The molecular weight excluding hydrogens is 276 g/mol.